The molecule has 2 heterocycles. The molecule has 2 aliphatic rings. The van der Waals surface area contributed by atoms with E-state index >= 15 is 0 Å². The monoisotopic (exact) mass is 476 g/mol. The quantitative estimate of drug-likeness (QED) is 0.371. The largest absolute Gasteiger partial charge is 0.365 e. The summed E-state index contributed by atoms with van der Waals surface area (Å²) in [6.07, 6.45) is 4.39. The first-order chi connectivity index (χ1) is 16.8. The summed E-state index contributed by atoms with van der Waals surface area (Å²) in [4.78, 5) is 42.9. The zero-order valence-electron chi connectivity index (χ0n) is 20.3. The van der Waals surface area contributed by atoms with Crippen LogP contribution in [0.3, 0.4) is 0 Å². The van der Waals surface area contributed by atoms with Crippen LogP contribution in [-0.4, -0.2) is 65.3 Å². The number of hydrogen-bond acceptors (Lipinski definition) is 5. The van der Waals surface area contributed by atoms with Crippen LogP contribution in [0.25, 0.3) is 6.08 Å². The lowest BCUT2D eigenvalue weighted by Crippen LogP contribution is -2.56. The molecule has 35 heavy (non-hydrogen) atoms. The molecule has 184 valence electrons. The van der Waals surface area contributed by atoms with Gasteiger partial charge in [-0.05, 0) is 56.5 Å². The van der Waals surface area contributed by atoms with Gasteiger partial charge in [0, 0.05) is 56.6 Å². The van der Waals surface area contributed by atoms with Crippen LogP contribution >= 0.6 is 0 Å². The number of nitro groups is 1. The zero-order valence-corrected chi connectivity index (χ0v) is 20.3. The Morgan fingerprint density at radius 1 is 1.03 bits per heavy atom. The number of piperazine rings is 1. The number of rotatable bonds is 5. The SMILES string of the molecule is Cc1cccc(N2CCN(C(=O)[C@H]3CCCN(C(=O)/C=C/c4ccccc4[N+](=O)[O-])C3)CC2C)c1. The van der Waals surface area contributed by atoms with E-state index in [1.54, 1.807) is 23.1 Å². The van der Waals surface area contributed by atoms with Gasteiger partial charge in [-0.15, -0.1) is 0 Å². The fourth-order valence-corrected chi connectivity index (χ4v) is 5.05. The molecule has 0 spiro atoms. The average Bonchev–Trinajstić information content (AvgIpc) is 2.87. The summed E-state index contributed by atoms with van der Waals surface area (Å²) in [6.45, 7) is 7.30. The van der Waals surface area contributed by atoms with E-state index < -0.39 is 4.92 Å². The van der Waals surface area contributed by atoms with Gasteiger partial charge in [0.05, 0.1) is 16.4 Å². The number of likely N-dealkylation sites (tertiary alicyclic amines) is 1. The van der Waals surface area contributed by atoms with Crippen LogP contribution in [-0.2, 0) is 9.59 Å². The molecule has 4 rings (SSSR count). The lowest BCUT2D eigenvalue weighted by Gasteiger charge is -2.43. The molecule has 2 fully saturated rings. The maximum absolute atomic E-state index is 13.3. The summed E-state index contributed by atoms with van der Waals surface area (Å²) in [7, 11) is 0. The minimum atomic E-state index is -0.459. The van der Waals surface area contributed by atoms with Crippen LogP contribution in [0.5, 0.6) is 0 Å². The average molecular weight is 477 g/mol. The molecule has 2 aromatic carbocycles. The highest BCUT2D eigenvalue weighted by atomic mass is 16.6. The molecule has 0 N–H and O–H groups in total. The second-order valence-electron chi connectivity index (χ2n) is 9.44. The number of carbonyl (C=O) groups is 2. The number of carbonyl (C=O) groups excluding carboxylic acids is 2. The molecule has 1 unspecified atom stereocenters. The van der Waals surface area contributed by atoms with E-state index in [4.69, 9.17) is 0 Å². The van der Waals surface area contributed by atoms with E-state index in [-0.39, 0.29) is 29.5 Å². The van der Waals surface area contributed by atoms with E-state index in [0.29, 0.717) is 31.7 Å². The lowest BCUT2D eigenvalue weighted by molar-refractivity contribution is -0.385. The molecule has 2 atom stereocenters. The summed E-state index contributed by atoms with van der Waals surface area (Å²) in [6, 6.07) is 15.0. The van der Waals surface area contributed by atoms with E-state index in [9.17, 15) is 19.7 Å². The van der Waals surface area contributed by atoms with Gasteiger partial charge in [0.15, 0.2) is 0 Å². The Hall–Kier alpha value is -3.68. The number of nitro benzene ring substituents is 1. The lowest BCUT2D eigenvalue weighted by atomic mass is 9.95. The van der Waals surface area contributed by atoms with Gasteiger partial charge < -0.3 is 14.7 Å². The number of piperidine rings is 1. The maximum atomic E-state index is 13.3. The third-order valence-electron chi connectivity index (χ3n) is 6.89. The molecule has 8 heteroatoms. The molecule has 0 aliphatic carbocycles. The van der Waals surface area contributed by atoms with Gasteiger partial charge in [0.2, 0.25) is 11.8 Å². The standard InChI is InChI=1S/C27H32N4O4/c1-20-7-5-10-24(17-20)30-16-15-29(18-21(30)2)27(33)23-9-6-14-28(19-23)26(32)13-12-22-8-3-4-11-25(22)31(34)35/h3-5,7-8,10-13,17,21,23H,6,9,14-16,18-19H2,1-2H3/b13-12+/t21?,23-/m0/s1. The molecule has 8 nitrogen and oxygen atoms in total. The van der Waals surface area contributed by atoms with E-state index in [0.717, 1.165) is 19.4 Å². The van der Waals surface area contributed by atoms with Crippen LogP contribution in [0.4, 0.5) is 11.4 Å². The smallest absolute Gasteiger partial charge is 0.276 e. The van der Waals surface area contributed by atoms with E-state index in [1.165, 1.54) is 29.5 Å². The van der Waals surface area contributed by atoms with Gasteiger partial charge in [0.1, 0.15) is 0 Å². The normalized spacial score (nSPS) is 20.8. The summed E-state index contributed by atoms with van der Waals surface area (Å²) in [5, 5.41) is 11.2. The Morgan fingerprint density at radius 3 is 2.57 bits per heavy atom. The Balaban J connectivity index is 1.36. The van der Waals surface area contributed by atoms with Crippen LogP contribution in [0.1, 0.15) is 30.9 Å². The molecule has 0 radical (unpaired) electrons. The van der Waals surface area contributed by atoms with Crippen molar-refractivity contribution in [2.24, 2.45) is 5.92 Å². The zero-order chi connectivity index (χ0) is 24.9. The maximum Gasteiger partial charge on any atom is 0.276 e. The number of para-hydroxylation sites is 1. The summed E-state index contributed by atoms with van der Waals surface area (Å²) in [5.41, 5.74) is 2.75. The second-order valence-corrected chi connectivity index (χ2v) is 9.44. The molecule has 0 aromatic heterocycles. The first kappa shape index (κ1) is 24.4. The number of anilines is 1. The van der Waals surface area contributed by atoms with Gasteiger partial charge in [-0.3, -0.25) is 19.7 Å². The Bertz CT molecular complexity index is 1130. The van der Waals surface area contributed by atoms with Crippen LogP contribution in [0.2, 0.25) is 0 Å². The molecule has 2 saturated heterocycles. The van der Waals surface area contributed by atoms with Crippen LogP contribution in [0.15, 0.2) is 54.6 Å². The van der Waals surface area contributed by atoms with E-state index in [1.807, 2.05) is 4.90 Å². The van der Waals surface area contributed by atoms with E-state index in [2.05, 4.69) is 43.0 Å². The molecule has 0 bridgehead atoms. The Kier molecular flexibility index (Phi) is 7.48. The van der Waals surface area contributed by atoms with Crippen molar-refractivity contribution >= 4 is 29.3 Å². The highest BCUT2D eigenvalue weighted by Gasteiger charge is 2.34. The number of aryl methyl sites for hydroxylation is 1. The van der Waals surface area contributed by atoms with Gasteiger partial charge in [0.25, 0.3) is 5.69 Å². The van der Waals surface area contributed by atoms with Crippen molar-refractivity contribution in [2.45, 2.75) is 32.7 Å². The fourth-order valence-electron chi connectivity index (χ4n) is 5.05. The Morgan fingerprint density at radius 2 is 1.83 bits per heavy atom. The van der Waals surface area contributed by atoms with Gasteiger partial charge in [-0.2, -0.15) is 0 Å². The highest BCUT2D eigenvalue weighted by molar-refractivity contribution is 5.93. The molecular weight excluding hydrogens is 444 g/mol. The minimum absolute atomic E-state index is 0.0397. The summed E-state index contributed by atoms with van der Waals surface area (Å²) in [5.74, 6) is -0.330. The molecule has 2 aromatic rings. The first-order valence-corrected chi connectivity index (χ1v) is 12.2. The molecule has 2 amide bonds. The minimum Gasteiger partial charge on any atom is -0.365 e. The van der Waals surface area contributed by atoms with Crippen molar-refractivity contribution in [3.8, 4) is 0 Å². The van der Waals surface area contributed by atoms with Crippen LogP contribution < -0.4 is 4.90 Å². The van der Waals surface area contributed by atoms with Crippen molar-refractivity contribution in [2.75, 3.05) is 37.6 Å². The predicted octanol–water partition coefficient (Wildman–Crippen LogP) is 3.89. The molecular formula is C27H32N4O4. The molecule has 2 aliphatic heterocycles. The number of hydrogen-bond donors (Lipinski definition) is 0. The summed E-state index contributed by atoms with van der Waals surface area (Å²) >= 11 is 0. The third-order valence-corrected chi connectivity index (χ3v) is 6.89. The number of amides is 2. The van der Waals surface area contributed by atoms with Crippen molar-refractivity contribution in [3.05, 3.63) is 75.8 Å². The van der Waals surface area contributed by atoms with Gasteiger partial charge in [-0.1, -0.05) is 24.3 Å². The van der Waals surface area contributed by atoms with Gasteiger partial charge in [-0.25, -0.2) is 0 Å². The third kappa shape index (κ3) is 5.70. The predicted molar refractivity (Wildman–Crippen MR) is 136 cm³/mol. The van der Waals surface area contributed by atoms with Crippen molar-refractivity contribution < 1.29 is 14.5 Å². The van der Waals surface area contributed by atoms with Gasteiger partial charge >= 0.3 is 0 Å². The topological polar surface area (TPSA) is 87.0 Å². The highest BCUT2D eigenvalue weighted by Crippen LogP contribution is 2.25. The summed E-state index contributed by atoms with van der Waals surface area (Å²) < 4.78 is 0. The number of benzene rings is 2. The number of nitrogens with zero attached hydrogens (tertiary/aromatic N) is 4. The fraction of sp³-hybridized carbons (Fsp3) is 0.407. The van der Waals surface area contributed by atoms with Crippen molar-refractivity contribution in [1.29, 1.82) is 0 Å². The second kappa shape index (κ2) is 10.7. The molecule has 0 saturated carbocycles. The van der Waals surface area contributed by atoms with Crippen LogP contribution in [0, 0.1) is 23.0 Å². The Labute approximate surface area is 206 Å². The van der Waals surface area contributed by atoms with Crippen molar-refractivity contribution in [3.63, 3.8) is 0 Å². The first-order valence-electron chi connectivity index (χ1n) is 12.2. The van der Waals surface area contributed by atoms with Crippen molar-refractivity contribution in [1.82, 2.24) is 9.80 Å².